The average molecular weight is 485 g/mol. The first-order valence-corrected chi connectivity index (χ1v) is 13.7. The lowest BCUT2D eigenvalue weighted by molar-refractivity contribution is 0.191. The molecule has 196 valence electrons. The molecule has 0 amide bonds. The van der Waals surface area contributed by atoms with Crippen molar-refractivity contribution in [1.82, 2.24) is 0 Å². The second kappa shape index (κ2) is 20.2. The summed E-state index contributed by atoms with van der Waals surface area (Å²) in [5.41, 5.74) is 2.60. The minimum absolute atomic E-state index is 0.799. The molecule has 35 heavy (non-hydrogen) atoms. The minimum atomic E-state index is 0.799. The Morgan fingerprint density at radius 3 is 1.06 bits per heavy atom. The van der Waals surface area contributed by atoms with E-state index < -0.39 is 0 Å². The van der Waals surface area contributed by atoms with Crippen LogP contribution in [0.3, 0.4) is 0 Å². The molecule has 0 saturated carbocycles. The van der Waals surface area contributed by atoms with Crippen molar-refractivity contribution in [2.24, 2.45) is 0 Å². The van der Waals surface area contributed by atoms with Crippen LogP contribution in [-0.2, 0) is 15.9 Å². The van der Waals surface area contributed by atoms with Crippen molar-refractivity contribution < 1.29 is 18.9 Å². The van der Waals surface area contributed by atoms with Gasteiger partial charge in [0.05, 0.1) is 13.2 Å². The van der Waals surface area contributed by atoms with Gasteiger partial charge in [0.15, 0.2) is 0 Å². The zero-order valence-electron chi connectivity index (χ0n) is 22.3. The Bertz CT molecular complexity index is 663. The number of benzene rings is 2. The molecule has 0 aliphatic heterocycles. The molecular weight excluding hydrogens is 436 g/mol. The van der Waals surface area contributed by atoms with E-state index in [1.165, 1.54) is 75.3 Å². The lowest BCUT2D eigenvalue weighted by atomic mass is 10.0. The van der Waals surface area contributed by atoms with E-state index in [0.717, 1.165) is 57.2 Å². The summed E-state index contributed by atoms with van der Waals surface area (Å²) in [6.45, 7) is 3.37. The van der Waals surface area contributed by atoms with Crippen LogP contribution >= 0.6 is 0 Å². The predicted octanol–water partition coefficient (Wildman–Crippen LogP) is 8.01. The first kappa shape index (κ1) is 29.2. The van der Waals surface area contributed by atoms with Crippen molar-refractivity contribution in [3.63, 3.8) is 0 Å². The molecule has 2 rings (SSSR count). The summed E-state index contributed by atoms with van der Waals surface area (Å²) in [4.78, 5) is 0. The quantitative estimate of drug-likeness (QED) is 0.159. The predicted molar refractivity (Wildman–Crippen MR) is 146 cm³/mol. The van der Waals surface area contributed by atoms with E-state index in [1.54, 1.807) is 14.2 Å². The topological polar surface area (TPSA) is 36.9 Å². The monoisotopic (exact) mass is 484 g/mol. The molecule has 4 nitrogen and oxygen atoms in total. The van der Waals surface area contributed by atoms with Crippen LogP contribution in [0.2, 0.25) is 0 Å². The third-order valence-corrected chi connectivity index (χ3v) is 6.28. The number of unbranched alkanes of at least 4 members (excludes halogenated alkanes) is 10. The van der Waals surface area contributed by atoms with Crippen LogP contribution in [0.15, 0.2) is 48.5 Å². The molecule has 0 spiro atoms. The SMILES string of the molecule is COCCCCCCCCOc1ccc(Cc2ccc(OCCCCCCCCOC)cc2)cc1. The highest BCUT2D eigenvalue weighted by atomic mass is 16.5. The summed E-state index contributed by atoms with van der Waals surface area (Å²) >= 11 is 0. The van der Waals surface area contributed by atoms with E-state index in [9.17, 15) is 0 Å². The molecule has 0 aliphatic carbocycles. The molecule has 0 N–H and O–H groups in total. The van der Waals surface area contributed by atoms with Gasteiger partial charge in [-0.3, -0.25) is 0 Å². The van der Waals surface area contributed by atoms with E-state index in [2.05, 4.69) is 48.5 Å². The molecule has 0 aliphatic rings. The van der Waals surface area contributed by atoms with E-state index in [0.29, 0.717) is 0 Å². The lowest BCUT2D eigenvalue weighted by Crippen LogP contribution is -1.98. The van der Waals surface area contributed by atoms with Gasteiger partial charge < -0.3 is 18.9 Å². The van der Waals surface area contributed by atoms with Crippen LogP contribution < -0.4 is 9.47 Å². The third-order valence-electron chi connectivity index (χ3n) is 6.28. The number of hydrogen-bond donors (Lipinski definition) is 0. The van der Waals surface area contributed by atoms with Crippen LogP contribution in [0.4, 0.5) is 0 Å². The van der Waals surface area contributed by atoms with Gasteiger partial charge in [-0.05, 0) is 67.5 Å². The zero-order valence-corrected chi connectivity index (χ0v) is 22.3. The summed E-state index contributed by atoms with van der Waals surface area (Å²) in [5.74, 6) is 1.93. The molecule has 0 fully saturated rings. The maximum atomic E-state index is 5.91. The molecule has 0 heterocycles. The fourth-order valence-corrected chi connectivity index (χ4v) is 4.13. The lowest BCUT2D eigenvalue weighted by Gasteiger charge is -2.09. The Hall–Kier alpha value is -2.04. The third kappa shape index (κ3) is 14.8. The van der Waals surface area contributed by atoms with Gasteiger partial charge in [0.25, 0.3) is 0 Å². The smallest absolute Gasteiger partial charge is 0.119 e. The highest BCUT2D eigenvalue weighted by Crippen LogP contribution is 2.19. The Morgan fingerprint density at radius 2 is 0.714 bits per heavy atom. The summed E-state index contributed by atoms with van der Waals surface area (Å²) in [6.07, 6.45) is 15.7. The molecule has 0 radical (unpaired) electrons. The van der Waals surface area contributed by atoms with Crippen LogP contribution in [0, 0.1) is 0 Å². The van der Waals surface area contributed by atoms with Crippen LogP contribution in [0.5, 0.6) is 11.5 Å². The van der Waals surface area contributed by atoms with Gasteiger partial charge in [-0.25, -0.2) is 0 Å². The number of ether oxygens (including phenoxy) is 4. The molecule has 0 bridgehead atoms. The second-order valence-electron chi connectivity index (χ2n) is 9.39. The van der Waals surface area contributed by atoms with Gasteiger partial charge in [-0.15, -0.1) is 0 Å². The van der Waals surface area contributed by atoms with E-state index >= 15 is 0 Å². The van der Waals surface area contributed by atoms with Gasteiger partial charge in [0.2, 0.25) is 0 Å². The van der Waals surface area contributed by atoms with Crippen molar-refractivity contribution in [3.05, 3.63) is 59.7 Å². The molecule has 2 aromatic carbocycles. The highest BCUT2D eigenvalue weighted by molar-refractivity contribution is 5.34. The number of rotatable bonds is 22. The highest BCUT2D eigenvalue weighted by Gasteiger charge is 2.01. The number of methoxy groups -OCH3 is 2. The molecule has 0 saturated heterocycles. The Morgan fingerprint density at radius 1 is 0.400 bits per heavy atom. The molecule has 0 aromatic heterocycles. The van der Waals surface area contributed by atoms with E-state index in [4.69, 9.17) is 18.9 Å². The number of hydrogen-bond acceptors (Lipinski definition) is 4. The minimum Gasteiger partial charge on any atom is -0.494 e. The average Bonchev–Trinajstić information content (AvgIpc) is 2.88. The van der Waals surface area contributed by atoms with Crippen molar-refractivity contribution in [2.45, 2.75) is 83.5 Å². The maximum absolute atomic E-state index is 5.91. The molecule has 0 atom stereocenters. The first-order valence-electron chi connectivity index (χ1n) is 13.7. The summed E-state index contributed by atoms with van der Waals surface area (Å²) in [6, 6.07) is 17.1. The van der Waals surface area contributed by atoms with Gasteiger partial charge in [-0.1, -0.05) is 75.6 Å². The summed E-state index contributed by atoms with van der Waals surface area (Å²) < 4.78 is 22.0. The second-order valence-corrected chi connectivity index (χ2v) is 9.39. The van der Waals surface area contributed by atoms with Crippen molar-refractivity contribution in [1.29, 1.82) is 0 Å². The largest absolute Gasteiger partial charge is 0.494 e. The molecule has 4 heteroatoms. The normalized spacial score (nSPS) is 11.0. The van der Waals surface area contributed by atoms with Crippen molar-refractivity contribution in [3.8, 4) is 11.5 Å². The van der Waals surface area contributed by atoms with Gasteiger partial charge in [-0.2, -0.15) is 0 Å². The Labute approximate surface area is 214 Å². The first-order chi connectivity index (χ1) is 17.3. The summed E-state index contributed by atoms with van der Waals surface area (Å²) in [5, 5.41) is 0. The van der Waals surface area contributed by atoms with Crippen LogP contribution in [-0.4, -0.2) is 40.6 Å². The van der Waals surface area contributed by atoms with Gasteiger partial charge in [0.1, 0.15) is 11.5 Å². The van der Waals surface area contributed by atoms with Crippen LogP contribution in [0.1, 0.15) is 88.2 Å². The van der Waals surface area contributed by atoms with E-state index in [-0.39, 0.29) is 0 Å². The zero-order chi connectivity index (χ0) is 24.8. The van der Waals surface area contributed by atoms with Crippen LogP contribution in [0.25, 0.3) is 0 Å². The van der Waals surface area contributed by atoms with Crippen molar-refractivity contribution in [2.75, 3.05) is 40.6 Å². The fraction of sp³-hybridized carbons (Fsp3) is 0.613. The van der Waals surface area contributed by atoms with Gasteiger partial charge in [0, 0.05) is 27.4 Å². The maximum Gasteiger partial charge on any atom is 0.119 e. The Kier molecular flexibility index (Phi) is 16.8. The standard InChI is InChI=1S/C31H48O4/c1-32-23-11-7-3-5-9-13-25-34-30-19-15-28(16-20-30)27-29-17-21-31(22-18-29)35-26-14-10-6-4-8-12-24-33-2/h15-22H,3-14,23-27H2,1-2H3. The van der Waals surface area contributed by atoms with Gasteiger partial charge >= 0.3 is 0 Å². The fourth-order valence-electron chi connectivity index (χ4n) is 4.13. The molecule has 2 aromatic rings. The van der Waals surface area contributed by atoms with E-state index in [1.807, 2.05) is 0 Å². The Balaban J connectivity index is 1.54. The molecule has 0 unspecified atom stereocenters. The molecular formula is C31H48O4. The van der Waals surface area contributed by atoms with Crippen molar-refractivity contribution >= 4 is 0 Å². The summed E-state index contributed by atoms with van der Waals surface area (Å²) in [7, 11) is 3.54.